The molecule has 0 bridgehead atoms. The molecule has 1 aromatic carbocycles. The van der Waals surface area contributed by atoms with Gasteiger partial charge < -0.3 is 25.5 Å². The zero-order chi connectivity index (χ0) is 20.3. The lowest BCUT2D eigenvalue weighted by molar-refractivity contribution is 0.0695. The number of pyridine rings is 1. The fourth-order valence-electron chi connectivity index (χ4n) is 4.09. The van der Waals surface area contributed by atoms with Crippen molar-refractivity contribution in [1.29, 1.82) is 0 Å². The van der Waals surface area contributed by atoms with Crippen LogP contribution >= 0.6 is 11.3 Å². The Balaban J connectivity index is 1.79. The molecule has 1 atom stereocenters. The molecule has 4 N–H and O–H groups in total. The van der Waals surface area contributed by atoms with Crippen LogP contribution in [0.4, 0.5) is 0 Å². The van der Waals surface area contributed by atoms with Crippen molar-refractivity contribution in [1.82, 2.24) is 9.88 Å². The molecule has 1 unspecified atom stereocenters. The second kappa shape index (κ2) is 6.69. The Bertz CT molecular complexity index is 1210. The molecule has 2 aromatic heterocycles. The van der Waals surface area contributed by atoms with Gasteiger partial charge in [-0.1, -0.05) is 0 Å². The third-order valence-corrected chi connectivity index (χ3v) is 6.99. The predicted octanol–water partition coefficient (Wildman–Crippen LogP) is 2.87. The molecule has 1 aliphatic carbocycles. The summed E-state index contributed by atoms with van der Waals surface area (Å²) in [5, 5.41) is 13.2. The number of hydrogen-bond acceptors (Lipinski definition) is 6. The van der Waals surface area contributed by atoms with Gasteiger partial charge in [-0.2, -0.15) is 0 Å². The van der Waals surface area contributed by atoms with Crippen molar-refractivity contribution in [3.05, 3.63) is 50.6 Å². The molecule has 150 valence electrons. The third-order valence-electron chi connectivity index (χ3n) is 5.65. The summed E-state index contributed by atoms with van der Waals surface area (Å²) in [5.74, 6) is -0.606. The highest BCUT2D eigenvalue weighted by molar-refractivity contribution is 7.15. The Morgan fingerprint density at radius 2 is 2.17 bits per heavy atom. The lowest BCUT2D eigenvalue weighted by atomic mass is 10.0. The van der Waals surface area contributed by atoms with Gasteiger partial charge >= 0.3 is 5.97 Å². The molecule has 29 heavy (non-hydrogen) atoms. The van der Waals surface area contributed by atoms with Crippen molar-refractivity contribution in [2.24, 2.45) is 5.73 Å². The minimum Gasteiger partial charge on any atom is -0.494 e. The van der Waals surface area contributed by atoms with E-state index in [2.05, 4.69) is 11.4 Å². The molecular formula is C21H21N3O4S. The Kier molecular flexibility index (Phi) is 4.23. The first-order chi connectivity index (χ1) is 14.0. The summed E-state index contributed by atoms with van der Waals surface area (Å²) in [4.78, 5) is 26.6. The number of nitrogens with zero attached hydrogens (tertiary/aromatic N) is 1. The van der Waals surface area contributed by atoms with E-state index in [0.717, 1.165) is 36.4 Å². The molecule has 3 heterocycles. The van der Waals surface area contributed by atoms with Crippen LogP contribution in [0.3, 0.4) is 0 Å². The van der Waals surface area contributed by atoms with E-state index >= 15 is 0 Å². The Hall–Kier alpha value is -2.68. The first-order valence-corrected chi connectivity index (χ1v) is 10.4. The second-order valence-electron chi connectivity index (χ2n) is 7.60. The highest BCUT2D eigenvalue weighted by atomic mass is 32.1. The number of ether oxygens (including phenoxy) is 1. The van der Waals surface area contributed by atoms with Crippen LogP contribution in [0.15, 0.2) is 29.2 Å². The number of aromatic carboxylic acids is 1. The Morgan fingerprint density at radius 3 is 2.83 bits per heavy atom. The lowest BCUT2D eigenvalue weighted by Crippen LogP contribution is -2.31. The smallest absolute Gasteiger partial charge is 0.341 e. The number of carboxylic acid groups (broad SMARTS) is 1. The zero-order valence-corrected chi connectivity index (χ0v) is 16.7. The standard InChI is InChI=1S/C21H21N3O4S/c1-28-19-12(16-6-10-7-23-8-15(22)20(10)29-16)4-5-13-17(19)24(11-2-3-11)9-14(18(13)25)21(26)27/h4-6,9,11,15,23H,2-3,7-8,22H2,1H3,(H,26,27). The van der Waals surface area contributed by atoms with Crippen LogP contribution in [0.1, 0.15) is 45.7 Å². The summed E-state index contributed by atoms with van der Waals surface area (Å²) in [7, 11) is 1.59. The van der Waals surface area contributed by atoms with Crippen molar-refractivity contribution < 1.29 is 14.6 Å². The number of methoxy groups -OCH3 is 1. The van der Waals surface area contributed by atoms with Crippen molar-refractivity contribution in [2.75, 3.05) is 13.7 Å². The Morgan fingerprint density at radius 1 is 1.38 bits per heavy atom. The fourth-order valence-corrected chi connectivity index (χ4v) is 5.30. The fraction of sp³-hybridized carbons (Fsp3) is 0.333. The van der Waals surface area contributed by atoms with E-state index < -0.39 is 11.4 Å². The molecule has 0 saturated heterocycles. The quantitative estimate of drug-likeness (QED) is 0.610. The topological polar surface area (TPSA) is 107 Å². The summed E-state index contributed by atoms with van der Waals surface area (Å²) in [6, 6.07) is 5.85. The van der Waals surface area contributed by atoms with Gasteiger partial charge in [0.1, 0.15) is 5.56 Å². The van der Waals surface area contributed by atoms with Crippen LogP contribution in [0.2, 0.25) is 0 Å². The second-order valence-corrected chi connectivity index (χ2v) is 8.68. The van der Waals surface area contributed by atoms with Crippen LogP contribution < -0.4 is 21.2 Å². The number of hydrogen-bond donors (Lipinski definition) is 3. The van der Waals surface area contributed by atoms with Crippen molar-refractivity contribution in [2.45, 2.75) is 31.5 Å². The monoisotopic (exact) mass is 411 g/mol. The van der Waals surface area contributed by atoms with E-state index in [1.807, 2.05) is 10.6 Å². The van der Waals surface area contributed by atoms with Gasteiger partial charge in [0, 0.05) is 40.6 Å². The van der Waals surface area contributed by atoms with Gasteiger partial charge in [-0.3, -0.25) is 4.79 Å². The number of aromatic nitrogens is 1. The van der Waals surface area contributed by atoms with Crippen LogP contribution in [0.5, 0.6) is 5.75 Å². The molecule has 5 rings (SSSR count). The summed E-state index contributed by atoms with van der Waals surface area (Å²) in [5.41, 5.74) is 8.31. The van der Waals surface area contributed by atoms with Gasteiger partial charge in [0.15, 0.2) is 5.75 Å². The number of carboxylic acids is 1. The van der Waals surface area contributed by atoms with Gasteiger partial charge in [0.25, 0.3) is 0 Å². The summed E-state index contributed by atoms with van der Waals surface area (Å²) < 4.78 is 7.70. The molecule has 3 aromatic rings. The predicted molar refractivity (Wildman–Crippen MR) is 112 cm³/mol. The summed E-state index contributed by atoms with van der Waals surface area (Å²) >= 11 is 1.65. The number of nitrogens with two attached hydrogens (primary N) is 1. The van der Waals surface area contributed by atoms with Gasteiger partial charge in [0.2, 0.25) is 5.43 Å². The average Bonchev–Trinajstić information content (AvgIpc) is 3.45. The maximum absolute atomic E-state index is 12.8. The number of carbonyl (C=O) groups is 1. The minimum absolute atomic E-state index is 0.0354. The van der Waals surface area contributed by atoms with Crippen LogP contribution in [0.25, 0.3) is 21.3 Å². The molecule has 2 aliphatic rings. The largest absolute Gasteiger partial charge is 0.494 e. The SMILES string of the molecule is COc1c(-c2cc3c(s2)C(N)CNC3)ccc2c(=O)c(C(=O)O)cn(C3CC3)c12. The van der Waals surface area contributed by atoms with Gasteiger partial charge in [-0.25, -0.2) is 4.79 Å². The highest BCUT2D eigenvalue weighted by Gasteiger charge is 2.30. The van der Waals surface area contributed by atoms with Gasteiger partial charge in [0.05, 0.1) is 24.1 Å². The molecule has 0 radical (unpaired) electrons. The molecule has 8 heteroatoms. The molecular weight excluding hydrogens is 390 g/mol. The van der Waals surface area contributed by atoms with Crippen molar-refractivity contribution in [3.8, 4) is 16.2 Å². The first kappa shape index (κ1) is 18.4. The van der Waals surface area contributed by atoms with E-state index in [1.165, 1.54) is 16.6 Å². The minimum atomic E-state index is -1.21. The van der Waals surface area contributed by atoms with E-state index in [9.17, 15) is 14.7 Å². The van der Waals surface area contributed by atoms with Crippen molar-refractivity contribution >= 4 is 28.2 Å². The molecule has 1 fully saturated rings. The number of thiophene rings is 1. The maximum atomic E-state index is 12.8. The van der Waals surface area contributed by atoms with Gasteiger partial charge in [-0.05, 0) is 36.6 Å². The lowest BCUT2D eigenvalue weighted by Gasteiger charge is -2.18. The van der Waals surface area contributed by atoms with E-state index in [1.54, 1.807) is 24.5 Å². The van der Waals surface area contributed by atoms with Crippen molar-refractivity contribution in [3.63, 3.8) is 0 Å². The number of fused-ring (bicyclic) bond motifs is 2. The maximum Gasteiger partial charge on any atom is 0.341 e. The van der Waals surface area contributed by atoms with Crippen LogP contribution in [-0.4, -0.2) is 29.3 Å². The van der Waals surface area contributed by atoms with Gasteiger partial charge in [-0.15, -0.1) is 11.3 Å². The molecule has 1 saturated carbocycles. The normalized spacial score (nSPS) is 18.6. The molecule has 0 spiro atoms. The molecule has 7 nitrogen and oxygen atoms in total. The van der Waals surface area contributed by atoms with E-state index in [-0.39, 0.29) is 17.6 Å². The van der Waals surface area contributed by atoms with E-state index in [4.69, 9.17) is 10.5 Å². The zero-order valence-electron chi connectivity index (χ0n) is 15.9. The van der Waals surface area contributed by atoms with Crippen LogP contribution in [-0.2, 0) is 6.54 Å². The molecule has 1 aliphatic heterocycles. The summed E-state index contributed by atoms with van der Waals surface area (Å²) in [6.45, 7) is 1.53. The van der Waals surface area contributed by atoms with Crippen LogP contribution in [0, 0.1) is 0 Å². The number of rotatable bonds is 4. The Labute approximate surface area is 170 Å². The van der Waals surface area contributed by atoms with E-state index in [0.29, 0.717) is 16.7 Å². The molecule has 0 amide bonds. The third kappa shape index (κ3) is 2.87. The summed E-state index contributed by atoms with van der Waals surface area (Å²) in [6.07, 6.45) is 3.38. The highest BCUT2D eigenvalue weighted by Crippen LogP contribution is 2.45. The number of nitrogens with one attached hydrogen (secondary N) is 1. The number of benzene rings is 1. The first-order valence-electron chi connectivity index (χ1n) is 9.58. The average molecular weight is 411 g/mol.